The summed E-state index contributed by atoms with van der Waals surface area (Å²) in [4.78, 5) is 4.59. The maximum Gasteiger partial charge on any atom is 0.219 e. The van der Waals surface area contributed by atoms with Gasteiger partial charge >= 0.3 is 0 Å². The van der Waals surface area contributed by atoms with Crippen LogP contribution in [-0.2, 0) is 6.42 Å². The van der Waals surface area contributed by atoms with E-state index in [0.29, 0.717) is 18.7 Å². The Balaban J connectivity index is 1.92. The van der Waals surface area contributed by atoms with E-state index in [0.717, 1.165) is 22.6 Å². The standard InChI is InChI=1S/C20H16N2O/c21-15-7-12-18-20(17-10-5-2-6-11-17)22-19(23-18)14-13-16-8-3-1-4-9-16/h1-6,8-11,13-14H,7,12H2/b14-13+. The number of rotatable bonds is 5. The molecule has 3 nitrogen and oxygen atoms in total. The molecular weight excluding hydrogens is 284 g/mol. The highest BCUT2D eigenvalue weighted by molar-refractivity contribution is 5.68. The predicted octanol–water partition coefficient (Wildman–Crippen LogP) is 4.97. The zero-order valence-corrected chi connectivity index (χ0v) is 12.6. The molecule has 1 aromatic heterocycles. The van der Waals surface area contributed by atoms with Crippen LogP contribution >= 0.6 is 0 Å². The number of hydrogen-bond acceptors (Lipinski definition) is 3. The molecular formula is C20H16N2O. The fourth-order valence-corrected chi connectivity index (χ4v) is 2.33. The first-order valence-corrected chi connectivity index (χ1v) is 7.52. The molecule has 0 radical (unpaired) electrons. The number of hydrogen-bond donors (Lipinski definition) is 0. The van der Waals surface area contributed by atoms with Gasteiger partial charge in [0.15, 0.2) is 0 Å². The number of benzene rings is 2. The fourth-order valence-electron chi connectivity index (χ4n) is 2.33. The van der Waals surface area contributed by atoms with Crippen molar-refractivity contribution in [3.8, 4) is 17.3 Å². The molecule has 0 saturated carbocycles. The van der Waals surface area contributed by atoms with Gasteiger partial charge in [0.25, 0.3) is 0 Å². The van der Waals surface area contributed by atoms with E-state index in [2.05, 4.69) is 11.1 Å². The highest BCUT2D eigenvalue weighted by Crippen LogP contribution is 2.25. The molecule has 0 unspecified atom stereocenters. The maximum atomic E-state index is 8.82. The van der Waals surface area contributed by atoms with E-state index in [1.807, 2.05) is 72.8 Å². The summed E-state index contributed by atoms with van der Waals surface area (Å²) in [7, 11) is 0. The van der Waals surface area contributed by atoms with Crippen LogP contribution < -0.4 is 0 Å². The molecule has 0 atom stereocenters. The van der Waals surface area contributed by atoms with Gasteiger partial charge in [-0.1, -0.05) is 60.7 Å². The van der Waals surface area contributed by atoms with E-state index < -0.39 is 0 Å². The van der Waals surface area contributed by atoms with E-state index in [1.54, 1.807) is 0 Å². The van der Waals surface area contributed by atoms with Crippen LogP contribution in [0.25, 0.3) is 23.4 Å². The van der Waals surface area contributed by atoms with Crippen LogP contribution in [0, 0.1) is 11.3 Å². The van der Waals surface area contributed by atoms with Crippen LogP contribution in [0.5, 0.6) is 0 Å². The van der Waals surface area contributed by atoms with Gasteiger partial charge in [-0.15, -0.1) is 0 Å². The van der Waals surface area contributed by atoms with E-state index >= 15 is 0 Å². The third-order valence-electron chi connectivity index (χ3n) is 3.44. The third-order valence-corrected chi connectivity index (χ3v) is 3.44. The Morgan fingerprint density at radius 1 is 0.957 bits per heavy atom. The minimum Gasteiger partial charge on any atom is -0.441 e. The molecule has 0 aliphatic rings. The van der Waals surface area contributed by atoms with Gasteiger partial charge in [-0.25, -0.2) is 4.98 Å². The zero-order valence-electron chi connectivity index (χ0n) is 12.6. The number of nitriles is 1. The first kappa shape index (κ1) is 14.8. The first-order chi connectivity index (χ1) is 11.4. The third kappa shape index (κ3) is 3.75. The summed E-state index contributed by atoms with van der Waals surface area (Å²) in [6.07, 6.45) is 4.80. The summed E-state index contributed by atoms with van der Waals surface area (Å²) in [5.74, 6) is 1.31. The zero-order chi connectivity index (χ0) is 15.9. The fraction of sp³-hybridized carbons (Fsp3) is 0.100. The molecule has 0 aliphatic carbocycles. The molecule has 0 bridgehead atoms. The summed E-state index contributed by atoms with van der Waals surface area (Å²) in [5.41, 5.74) is 2.91. The van der Waals surface area contributed by atoms with Gasteiger partial charge in [0.1, 0.15) is 11.5 Å². The average Bonchev–Trinajstić information content (AvgIpc) is 3.03. The molecule has 23 heavy (non-hydrogen) atoms. The largest absolute Gasteiger partial charge is 0.441 e. The lowest BCUT2D eigenvalue weighted by Gasteiger charge is -1.98. The lowest BCUT2D eigenvalue weighted by molar-refractivity contribution is 0.497. The molecule has 0 spiro atoms. The predicted molar refractivity (Wildman–Crippen MR) is 91.2 cm³/mol. The van der Waals surface area contributed by atoms with Crippen LogP contribution in [0.2, 0.25) is 0 Å². The second-order valence-electron chi connectivity index (χ2n) is 5.09. The molecule has 1 heterocycles. The Kier molecular flexibility index (Phi) is 4.66. The lowest BCUT2D eigenvalue weighted by atomic mass is 10.1. The number of oxazole rings is 1. The van der Waals surface area contributed by atoms with Crippen molar-refractivity contribution >= 4 is 12.2 Å². The van der Waals surface area contributed by atoms with Crippen molar-refractivity contribution in [1.29, 1.82) is 5.26 Å². The van der Waals surface area contributed by atoms with Gasteiger partial charge in [0.05, 0.1) is 6.07 Å². The molecule has 0 saturated heterocycles. The molecule has 2 aromatic carbocycles. The van der Waals surface area contributed by atoms with Crippen molar-refractivity contribution in [1.82, 2.24) is 4.98 Å². The van der Waals surface area contributed by atoms with Crippen LogP contribution in [0.3, 0.4) is 0 Å². The van der Waals surface area contributed by atoms with E-state index in [-0.39, 0.29) is 0 Å². The molecule has 112 valence electrons. The van der Waals surface area contributed by atoms with Gasteiger partial charge < -0.3 is 4.42 Å². The normalized spacial score (nSPS) is 10.7. The minimum absolute atomic E-state index is 0.414. The minimum atomic E-state index is 0.414. The Bertz CT molecular complexity index is 827. The molecule has 3 rings (SSSR count). The Labute approximate surface area is 135 Å². The Morgan fingerprint density at radius 3 is 2.35 bits per heavy atom. The summed E-state index contributed by atoms with van der Waals surface area (Å²) < 4.78 is 5.84. The second kappa shape index (κ2) is 7.24. The number of nitrogens with zero attached hydrogens (tertiary/aromatic N) is 2. The Hall–Kier alpha value is -3.12. The topological polar surface area (TPSA) is 49.8 Å². The number of aryl methyl sites for hydroxylation is 1. The molecule has 0 fully saturated rings. The second-order valence-corrected chi connectivity index (χ2v) is 5.09. The van der Waals surface area contributed by atoms with Crippen LogP contribution in [0.15, 0.2) is 65.1 Å². The SMILES string of the molecule is N#CCCc1oc(/C=C/c2ccccc2)nc1-c1ccccc1. The van der Waals surface area contributed by atoms with E-state index in [1.165, 1.54) is 0 Å². The first-order valence-electron chi connectivity index (χ1n) is 7.52. The molecule has 0 amide bonds. The smallest absolute Gasteiger partial charge is 0.219 e. The maximum absolute atomic E-state index is 8.82. The van der Waals surface area contributed by atoms with Crippen LogP contribution in [0.4, 0.5) is 0 Å². The van der Waals surface area contributed by atoms with Crippen molar-refractivity contribution in [3.63, 3.8) is 0 Å². The molecule has 0 N–H and O–H groups in total. The monoisotopic (exact) mass is 300 g/mol. The highest BCUT2D eigenvalue weighted by Gasteiger charge is 2.13. The summed E-state index contributed by atoms with van der Waals surface area (Å²) in [6, 6.07) is 22.1. The molecule has 3 heteroatoms. The summed E-state index contributed by atoms with van der Waals surface area (Å²) in [6.45, 7) is 0. The van der Waals surface area contributed by atoms with Crippen molar-refractivity contribution in [3.05, 3.63) is 77.9 Å². The van der Waals surface area contributed by atoms with Gasteiger partial charge in [0, 0.05) is 24.5 Å². The van der Waals surface area contributed by atoms with Crippen molar-refractivity contribution < 1.29 is 4.42 Å². The van der Waals surface area contributed by atoms with Crippen molar-refractivity contribution in [2.24, 2.45) is 0 Å². The number of aromatic nitrogens is 1. The molecule has 3 aromatic rings. The van der Waals surface area contributed by atoms with E-state index in [4.69, 9.17) is 9.68 Å². The highest BCUT2D eigenvalue weighted by atomic mass is 16.4. The summed E-state index contributed by atoms with van der Waals surface area (Å²) >= 11 is 0. The van der Waals surface area contributed by atoms with Gasteiger partial charge in [-0.3, -0.25) is 0 Å². The van der Waals surface area contributed by atoms with Crippen LogP contribution in [-0.4, -0.2) is 4.98 Å². The van der Waals surface area contributed by atoms with E-state index in [9.17, 15) is 0 Å². The quantitative estimate of drug-likeness (QED) is 0.668. The van der Waals surface area contributed by atoms with Gasteiger partial charge in [0.2, 0.25) is 5.89 Å². The van der Waals surface area contributed by atoms with Crippen molar-refractivity contribution in [2.75, 3.05) is 0 Å². The van der Waals surface area contributed by atoms with Crippen LogP contribution in [0.1, 0.15) is 23.6 Å². The average molecular weight is 300 g/mol. The lowest BCUT2D eigenvalue weighted by Crippen LogP contribution is -1.86. The molecule has 0 aliphatic heterocycles. The van der Waals surface area contributed by atoms with Gasteiger partial charge in [-0.2, -0.15) is 5.26 Å². The summed E-state index contributed by atoms with van der Waals surface area (Å²) in [5, 5.41) is 8.82. The van der Waals surface area contributed by atoms with Gasteiger partial charge in [-0.05, 0) is 11.6 Å². The Morgan fingerprint density at radius 2 is 1.65 bits per heavy atom. The van der Waals surface area contributed by atoms with Crippen molar-refractivity contribution in [2.45, 2.75) is 12.8 Å².